The van der Waals surface area contributed by atoms with Crippen LogP contribution in [0.5, 0.6) is 0 Å². The molecule has 2 aromatic rings. The monoisotopic (exact) mass is 349 g/mol. The molecule has 0 radical (unpaired) electrons. The predicted octanol–water partition coefficient (Wildman–Crippen LogP) is 2.82. The van der Waals surface area contributed by atoms with E-state index in [2.05, 4.69) is 4.98 Å². The number of nitrogens with two attached hydrogens (primary N) is 1. The Morgan fingerprint density at radius 3 is 2.58 bits per heavy atom. The maximum atomic E-state index is 12.8. The molecular formula is C20H19N3O3. The first-order valence-corrected chi connectivity index (χ1v) is 8.18. The van der Waals surface area contributed by atoms with Crippen LogP contribution < -0.4 is 11.3 Å². The molecule has 2 heterocycles. The summed E-state index contributed by atoms with van der Waals surface area (Å²) in [7, 11) is 0. The third kappa shape index (κ3) is 2.68. The molecule has 1 atom stereocenters. The zero-order chi connectivity index (χ0) is 19.2. The Morgan fingerprint density at radius 2 is 1.96 bits per heavy atom. The fraction of sp³-hybridized carbons (Fsp3) is 0.250. The first kappa shape index (κ1) is 17.5. The van der Waals surface area contributed by atoms with Crippen LogP contribution in [0.15, 0.2) is 45.8 Å². The molecule has 3 rings (SSSR count). The number of fused-ring (bicyclic) bond motifs is 1. The standard InChI is InChI=1S/C20H19N3O3/c1-9-5-10(2)18-13(6-9)7-14(20(25)23-18)17-15(8-21)19(22)26-12(4)16(17)11(3)24/h5-7,17H,22H2,1-4H3,(H,23,25). The number of benzene rings is 1. The number of rotatable bonds is 2. The average Bonchev–Trinajstić information content (AvgIpc) is 2.54. The number of aryl methyl sites for hydroxylation is 2. The summed E-state index contributed by atoms with van der Waals surface area (Å²) in [5.74, 6) is -0.897. The van der Waals surface area contributed by atoms with Gasteiger partial charge in [-0.25, -0.2) is 0 Å². The van der Waals surface area contributed by atoms with E-state index in [9.17, 15) is 14.9 Å². The number of Topliss-reactive ketones (excluding diaryl/α,β-unsaturated/α-hetero) is 1. The SMILES string of the molecule is CC(=O)C1=C(C)OC(N)=C(C#N)C1c1cc2cc(C)cc(C)c2[nH]c1=O. The van der Waals surface area contributed by atoms with Gasteiger partial charge in [-0.15, -0.1) is 0 Å². The first-order valence-electron chi connectivity index (χ1n) is 8.18. The van der Waals surface area contributed by atoms with Crippen molar-refractivity contribution in [2.75, 3.05) is 0 Å². The number of aromatic nitrogens is 1. The van der Waals surface area contributed by atoms with Crippen molar-refractivity contribution in [2.45, 2.75) is 33.6 Å². The van der Waals surface area contributed by atoms with E-state index in [0.29, 0.717) is 11.3 Å². The van der Waals surface area contributed by atoms with Crippen LogP contribution in [0, 0.1) is 25.2 Å². The molecule has 1 aliphatic rings. The van der Waals surface area contributed by atoms with Gasteiger partial charge in [0.15, 0.2) is 5.78 Å². The van der Waals surface area contributed by atoms with Crippen molar-refractivity contribution >= 4 is 16.7 Å². The van der Waals surface area contributed by atoms with E-state index in [-0.39, 0.29) is 28.4 Å². The molecule has 0 spiro atoms. The summed E-state index contributed by atoms with van der Waals surface area (Å²) >= 11 is 0. The minimum Gasteiger partial charge on any atom is -0.445 e. The summed E-state index contributed by atoms with van der Waals surface area (Å²) in [6, 6.07) is 7.65. The molecule has 0 saturated carbocycles. The molecule has 1 unspecified atom stereocenters. The van der Waals surface area contributed by atoms with Gasteiger partial charge < -0.3 is 15.5 Å². The van der Waals surface area contributed by atoms with Gasteiger partial charge in [0, 0.05) is 11.1 Å². The molecule has 132 valence electrons. The van der Waals surface area contributed by atoms with E-state index in [4.69, 9.17) is 10.5 Å². The van der Waals surface area contributed by atoms with Crippen molar-refractivity contribution in [3.05, 3.63) is 68.0 Å². The molecule has 6 nitrogen and oxygen atoms in total. The predicted molar refractivity (Wildman–Crippen MR) is 98.1 cm³/mol. The number of aromatic amines is 1. The molecule has 0 bridgehead atoms. The van der Waals surface area contributed by atoms with Crippen LogP contribution in [-0.4, -0.2) is 10.8 Å². The average molecular weight is 349 g/mol. The van der Waals surface area contributed by atoms with Gasteiger partial charge in [-0.3, -0.25) is 9.59 Å². The number of nitriles is 1. The lowest BCUT2D eigenvalue weighted by molar-refractivity contribution is -0.114. The molecule has 0 aliphatic carbocycles. The van der Waals surface area contributed by atoms with Crippen molar-refractivity contribution in [2.24, 2.45) is 5.73 Å². The Kier molecular flexibility index (Phi) is 4.17. The van der Waals surface area contributed by atoms with Gasteiger partial charge in [0.25, 0.3) is 5.56 Å². The number of hydrogen-bond donors (Lipinski definition) is 2. The van der Waals surface area contributed by atoms with E-state index < -0.39 is 5.92 Å². The number of carbonyl (C=O) groups excluding carboxylic acids is 1. The number of carbonyl (C=O) groups is 1. The summed E-state index contributed by atoms with van der Waals surface area (Å²) in [5.41, 5.74) is 8.87. The Balaban J connectivity index is 2.37. The van der Waals surface area contributed by atoms with Crippen LogP contribution in [-0.2, 0) is 9.53 Å². The van der Waals surface area contributed by atoms with Crippen molar-refractivity contribution in [1.82, 2.24) is 4.98 Å². The van der Waals surface area contributed by atoms with Gasteiger partial charge in [0.1, 0.15) is 17.4 Å². The smallest absolute Gasteiger partial charge is 0.252 e. The molecule has 1 aromatic heterocycles. The van der Waals surface area contributed by atoms with Gasteiger partial charge in [-0.05, 0) is 50.8 Å². The first-order chi connectivity index (χ1) is 12.2. The van der Waals surface area contributed by atoms with Gasteiger partial charge in [-0.2, -0.15) is 5.26 Å². The number of ketones is 1. The summed E-state index contributed by atoms with van der Waals surface area (Å²) in [6.07, 6.45) is 0. The van der Waals surface area contributed by atoms with E-state index in [1.54, 1.807) is 13.0 Å². The lowest BCUT2D eigenvalue weighted by Gasteiger charge is -2.26. The minimum atomic E-state index is -0.847. The Bertz CT molecular complexity index is 1110. The zero-order valence-electron chi connectivity index (χ0n) is 15.1. The van der Waals surface area contributed by atoms with Crippen molar-refractivity contribution < 1.29 is 9.53 Å². The fourth-order valence-electron chi connectivity index (χ4n) is 3.56. The van der Waals surface area contributed by atoms with E-state index >= 15 is 0 Å². The molecule has 0 saturated heterocycles. The molecule has 3 N–H and O–H groups in total. The van der Waals surface area contributed by atoms with Crippen LogP contribution in [0.25, 0.3) is 10.9 Å². The maximum absolute atomic E-state index is 12.8. The highest BCUT2D eigenvalue weighted by Gasteiger charge is 2.35. The number of ether oxygens (including phenoxy) is 1. The van der Waals surface area contributed by atoms with Crippen LogP contribution >= 0.6 is 0 Å². The number of nitrogens with one attached hydrogen (secondary N) is 1. The number of pyridine rings is 1. The van der Waals surface area contributed by atoms with Crippen LogP contribution in [0.1, 0.15) is 36.5 Å². The van der Waals surface area contributed by atoms with Crippen LogP contribution in [0.2, 0.25) is 0 Å². The summed E-state index contributed by atoms with van der Waals surface area (Å²) in [6.45, 7) is 6.88. The summed E-state index contributed by atoms with van der Waals surface area (Å²) in [5, 5.41) is 10.4. The molecule has 0 amide bonds. The molecule has 1 aliphatic heterocycles. The molecule has 6 heteroatoms. The largest absolute Gasteiger partial charge is 0.445 e. The minimum absolute atomic E-state index is 0.0648. The second kappa shape index (κ2) is 6.19. The van der Waals surface area contributed by atoms with E-state index in [1.165, 1.54) is 6.92 Å². The summed E-state index contributed by atoms with van der Waals surface area (Å²) < 4.78 is 5.36. The van der Waals surface area contributed by atoms with Crippen LogP contribution in [0.4, 0.5) is 0 Å². The lowest BCUT2D eigenvalue weighted by Crippen LogP contribution is -2.27. The van der Waals surface area contributed by atoms with Crippen molar-refractivity contribution in [3.8, 4) is 6.07 Å². The van der Waals surface area contributed by atoms with Crippen LogP contribution in [0.3, 0.4) is 0 Å². The highest BCUT2D eigenvalue weighted by atomic mass is 16.5. The van der Waals surface area contributed by atoms with Crippen molar-refractivity contribution in [1.29, 1.82) is 5.26 Å². The second-order valence-electron chi connectivity index (χ2n) is 6.55. The van der Waals surface area contributed by atoms with Crippen molar-refractivity contribution in [3.63, 3.8) is 0 Å². The van der Waals surface area contributed by atoms with E-state index in [0.717, 1.165) is 22.0 Å². The normalized spacial score (nSPS) is 17.3. The quantitative estimate of drug-likeness (QED) is 0.866. The molecule has 0 fully saturated rings. The third-order valence-corrected chi connectivity index (χ3v) is 4.62. The zero-order valence-corrected chi connectivity index (χ0v) is 15.1. The highest BCUT2D eigenvalue weighted by Crippen LogP contribution is 2.38. The van der Waals surface area contributed by atoms with Gasteiger partial charge in [0.05, 0.1) is 11.4 Å². The van der Waals surface area contributed by atoms with Gasteiger partial charge in [0.2, 0.25) is 5.88 Å². The number of allylic oxidation sites excluding steroid dienone is 3. The topological polar surface area (TPSA) is 109 Å². The molecule has 1 aromatic carbocycles. The second-order valence-corrected chi connectivity index (χ2v) is 6.55. The summed E-state index contributed by atoms with van der Waals surface area (Å²) in [4.78, 5) is 27.9. The third-order valence-electron chi connectivity index (χ3n) is 4.62. The number of hydrogen-bond acceptors (Lipinski definition) is 5. The fourth-order valence-corrected chi connectivity index (χ4v) is 3.56. The number of nitrogens with zero attached hydrogens (tertiary/aromatic N) is 1. The Morgan fingerprint density at radius 1 is 1.27 bits per heavy atom. The maximum Gasteiger partial charge on any atom is 0.252 e. The van der Waals surface area contributed by atoms with E-state index in [1.807, 2.05) is 32.0 Å². The molecular weight excluding hydrogens is 330 g/mol. The molecule has 26 heavy (non-hydrogen) atoms. The Labute approximate surface area is 150 Å². The number of H-pyrrole nitrogens is 1. The lowest BCUT2D eigenvalue weighted by atomic mass is 9.81. The van der Waals surface area contributed by atoms with Gasteiger partial charge in [-0.1, -0.05) is 11.6 Å². The van der Waals surface area contributed by atoms with Gasteiger partial charge >= 0.3 is 0 Å². The highest BCUT2D eigenvalue weighted by molar-refractivity contribution is 5.97. The Hall–Kier alpha value is -3.33.